The lowest BCUT2D eigenvalue weighted by Gasteiger charge is -2.34. The molecule has 2 saturated heterocycles. The molecule has 0 aliphatic carbocycles. The molecule has 3 unspecified atom stereocenters. The number of fused-ring (bicyclic) bond motifs is 6. The Morgan fingerprint density at radius 3 is 2.70 bits per heavy atom. The van der Waals surface area contributed by atoms with E-state index < -0.39 is 37.9 Å². The number of hydrogen-bond donors (Lipinski definition) is 2. The fourth-order valence-corrected chi connectivity index (χ4v) is 7.18. The highest BCUT2D eigenvalue weighted by Crippen LogP contribution is 2.50. The highest BCUT2D eigenvalue weighted by Gasteiger charge is 2.51. The third-order valence-electron chi connectivity index (χ3n) is 7.48. The Hall–Kier alpha value is -3.42. The van der Waals surface area contributed by atoms with Crippen molar-refractivity contribution >= 4 is 62.2 Å². The van der Waals surface area contributed by atoms with Gasteiger partial charge in [-0.1, -0.05) is 48.5 Å². The van der Waals surface area contributed by atoms with Gasteiger partial charge in [-0.3, -0.25) is 13.9 Å². The number of rotatable bonds is 2. The van der Waals surface area contributed by atoms with Gasteiger partial charge in [0.05, 0.1) is 12.3 Å². The van der Waals surface area contributed by atoms with Crippen LogP contribution in [0.15, 0.2) is 70.3 Å². The number of nitrogens with zero attached hydrogens (tertiary/aromatic N) is 4. The van der Waals surface area contributed by atoms with Gasteiger partial charge >= 0.3 is 1.43 Å². The van der Waals surface area contributed by atoms with E-state index in [1.54, 1.807) is 6.20 Å². The average molecular weight is 624 g/mol. The summed E-state index contributed by atoms with van der Waals surface area (Å²) >= 11 is 3.34. The fraction of sp³-hybridized carbons (Fsp3) is 0.192. The number of hydrogen-bond acceptors (Lipinski definition) is 9. The molecular formula is C26H19BrN5O7P. The average Bonchev–Trinajstić information content (AvgIpc) is 3.61. The van der Waals surface area contributed by atoms with E-state index in [0.717, 1.165) is 27.1 Å². The number of phosphoric ester groups is 1. The van der Waals surface area contributed by atoms with Gasteiger partial charge in [0.25, 0.3) is 13.4 Å². The van der Waals surface area contributed by atoms with Crippen LogP contribution >= 0.6 is 23.8 Å². The van der Waals surface area contributed by atoms with Crippen molar-refractivity contribution in [1.82, 2.24) is 23.9 Å². The minimum Gasteiger partial charge on any atom is -0.756 e. The summed E-state index contributed by atoms with van der Waals surface area (Å²) in [4.78, 5) is 37.7. The molecule has 12 nitrogen and oxygen atoms in total. The summed E-state index contributed by atoms with van der Waals surface area (Å²) in [6.45, 7) is -0.302. The highest BCUT2D eigenvalue weighted by atomic mass is 79.9. The molecule has 40 heavy (non-hydrogen) atoms. The van der Waals surface area contributed by atoms with Crippen molar-refractivity contribution in [3.05, 3.63) is 75.9 Å². The van der Waals surface area contributed by atoms with Crippen LogP contribution in [0.3, 0.4) is 0 Å². The predicted octanol–water partition coefficient (Wildman–Crippen LogP) is 3.36. The molecule has 0 bridgehead atoms. The van der Waals surface area contributed by atoms with E-state index in [9.17, 15) is 19.4 Å². The first-order valence-electron chi connectivity index (χ1n) is 12.4. The van der Waals surface area contributed by atoms with E-state index in [0.29, 0.717) is 5.69 Å². The molecule has 2 aliphatic rings. The second-order valence-electron chi connectivity index (χ2n) is 9.76. The molecule has 8 rings (SSSR count). The molecule has 0 amide bonds. The van der Waals surface area contributed by atoms with Gasteiger partial charge in [-0.2, -0.15) is 4.98 Å². The van der Waals surface area contributed by atoms with Crippen LogP contribution in [-0.2, 0) is 18.3 Å². The summed E-state index contributed by atoms with van der Waals surface area (Å²) in [6.07, 6.45) is -2.85. The van der Waals surface area contributed by atoms with Crippen molar-refractivity contribution in [2.24, 2.45) is 0 Å². The summed E-state index contributed by atoms with van der Waals surface area (Å²) < 4.78 is 30.4. The monoisotopic (exact) mass is 623 g/mol. The number of imidazole rings is 2. The van der Waals surface area contributed by atoms with E-state index >= 15 is 0 Å². The first-order valence-corrected chi connectivity index (χ1v) is 14.6. The molecule has 0 radical (unpaired) electrons. The van der Waals surface area contributed by atoms with Crippen molar-refractivity contribution in [1.29, 1.82) is 0 Å². The number of aromatic amines is 1. The fourth-order valence-electron chi connectivity index (χ4n) is 5.68. The van der Waals surface area contributed by atoms with E-state index in [-0.39, 0.29) is 29.7 Å². The number of aromatic nitrogens is 5. The summed E-state index contributed by atoms with van der Waals surface area (Å²) in [5, 5.41) is 15.2. The van der Waals surface area contributed by atoms with Crippen LogP contribution < -0.4 is 10.5 Å². The molecule has 14 heteroatoms. The van der Waals surface area contributed by atoms with E-state index in [1.807, 2.05) is 36.4 Å². The number of nitrogens with one attached hydrogen (secondary N) is 1. The molecule has 202 valence electrons. The summed E-state index contributed by atoms with van der Waals surface area (Å²) in [7, 11) is -4.56. The standard InChI is InChI=1S/C26H19BrN5O7P/c27-25-29-19-22(32(25)24-20(33)21-18(38-24)11-37-40(35,36)39-21)30-26-28-17(10-31(26)23(19)34)16-9-12-5-1-2-6-13(12)14-7-3-4-8-15(14)16/h1-10,18,20-21,24,33H,11H2,(H,28,30)(H,35,36)/t18?,20?,21-,24-/m1/s1. The van der Waals surface area contributed by atoms with Gasteiger partial charge in [-0.15, -0.1) is 0 Å². The van der Waals surface area contributed by atoms with Crippen LogP contribution in [0.5, 0.6) is 0 Å². The van der Waals surface area contributed by atoms with Gasteiger partial charge in [0, 0.05) is 11.8 Å². The third kappa shape index (κ3) is 3.50. The topological polar surface area (TPSA) is 156 Å². The number of benzene rings is 3. The summed E-state index contributed by atoms with van der Waals surface area (Å²) in [6, 6.07) is 18.2. The van der Waals surface area contributed by atoms with Crippen molar-refractivity contribution in [2.45, 2.75) is 24.5 Å². The quantitative estimate of drug-likeness (QED) is 0.168. The molecule has 0 spiro atoms. The van der Waals surface area contributed by atoms with E-state index in [2.05, 4.69) is 49.1 Å². The largest absolute Gasteiger partial charge is 1.00 e. The number of halogens is 1. The van der Waals surface area contributed by atoms with Crippen LogP contribution in [0.2, 0.25) is 0 Å². The van der Waals surface area contributed by atoms with Crippen LogP contribution in [0.4, 0.5) is 0 Å². The smallest absolute Gasteiger partial charge is 0.756 e. The Balaban J connectivity index is 0.00000276. The van der Waals surface area contributed by atoms with Gasteiger partial charge in [-0.05, 0) is 43.5 Å². The first-order chi connectivity index (χ1) is 19.3. The molecule has 2 N–H and O–H groups in total. The van der Waals surface area contributed by atoms with Gasteiger partial charge in [-0.25, -0.2) is 9.38 Å². The second-order valence-corrected chi connectivity index (χ2v) is 11.8. The molecule has 2 aliphatic heterocycles. The summed E-state index contributed by atoms with van der Waals surface area (Å²) in [5.74, 6) is 0.256. The number of aliphatic hydroxyl groups is 1. The number of ether oxygens (including phenoxy) is 1. The molecule has 3 aromatic carbocycles. The second kappa shape index (κ2) is 8.54. The number of phosphoric acid groups is 1. The molecule has 2 fully saturated rings. The molecular weight excluding hydrogens is 605 g/mol. The molecule has 5 heterocycles. The van der Waals surface area contributed by atoms with Crippen molar-refractivity contribution < 1.29 is 29.8 Å². The Bertz CT molecular complexity index is 2130. The maximum atomic E-state index is 13.6. The van der Waals surface area contributed by atoms with Crippen molar-refractivity contribution in [3.8, 4) is 11.3 Å². The maximum Gasteiger partial charge on any atom is 1.00 e. The van der Waals surface area contributed by atoms with Crippen LogP contribution in [0, 0.1) is 0 Å². The van der Waals surface area contributed by atoms with Gasteiger partial charge in [0.15, 0.2) is 22.1 Å². The van der Waals surface area contributed by atoms with Crippen LogP contribution in [0.1, 0.15) is 7.65 Å². The van der Waals surface area contributed by atoms with Crippen LogP contribution in [-0.4, -0.2) is 53.9 Å². The Kier molecular flexibility index (Phi) is 5.21. The Morgan fingerprint density at radius 1 is 1.12 bits per heavy atom. The lowest BCUT2D eigenvalue weighted by atomic mass is 9.96. The minimum atomic E-state index is -4.56. The van der Waals surface area contributed by atoms with Gasteiger partial charge in [0.2, 0.25) is 5.78 Å². The lowest BCUT2D eigenvalue weighted by molar-refractivity contribution is -0.245. The van der Waals surface area contributed by atoms with E-state index in [4.69, 9.17) is 13.8 Å². The van der Waals surface area contributed by atoms with Crippen molar-refractivity contribution in [3.63, 3.8) is 0 Å². The maximum absolute atomic E-state index is 13.6. The van der Waals surface area contributed by atoms with E-state index in [1.165, 1.54) is 8.97 Å². The zero-order valence-electron chi connectivity index (χ0n) is 21.3. The molecule has 3 aromatic heterocycles. The molecule has 0 saturated carbocycles. The van der Waals surface area contributed by atoms with Gasteiger partial charge in [0.1, 0.15) is 18.3 Å². The highest BCUT2D eigenvalue weighted by molar-refractivity contribution is 9.10. The number of aliphatic hydroxyl groups excluding tert-OH is 1. The first kappa shape index (κ1) is 24.4. The minimum absolute atomic E-state index is 0. The molecule has 5 atom stereocenters. The predicted molar refractivity (Wildman–Crippen MR) is 147 cm³/mol. The SMILES string of the molecule is O=c1c2nc(Br)n([C@@H]3OC4COP(=O)([O-])O[C@H]4C3O)c2nc2[nH]c(-c3cc4ccccc4c4ccccc34)cn12.[H+]. The Labute approximate surface area is 234 Å². The zero-order chi connectivity index (χ0) is 27.3. The molecule has 6 aromatic rings. The lowest BCUT2D eigenvalue weighted by Crippen LogP contribution is -2.41. The summed E-state index contributed by atoms with van der Waals surface area (Å²) in [5.41, 5.74) is 1.34. The van der Waals surface area contributed by atoms with Gasteiger partial charge < -0.3 is 28.8 Å². The Morgan fingerprint density at radius 2 is 1.88 bits per heavy atom. The zero-order valence-corrected chi connectivity index (χ0v) is 22.8. The van der Waals surface area contributed by atoms with Crippen molar-refractivity contribution in [2.75, 3.05) is 6.61 Å². The van der Waals surface area contributed by atoms with Crippen LogP contribution in [0.25, 0.3) is 49.7 Å². The number of H-pyrrole nitrogens is 1. The third-order valence-corrected chi connectivity index (χ3v) is 9.01. The normalized spacial score (nSPS) is 26.8.